The molecule has 7 heteroatoms. The number of hydrogen-bond acceptors (Lipinski definition) is 7. The molecule has 4 rings (SSSR count). The molecule has 1 fully saturated rings. The molecule has 3 aromatic heterocycles. The van der Waals surface area contributed by atoms with Crippen molar-refractivity contribution in [2.45, 2.75) is 19.6 Å². The highest BCUT2D eigenvalue weighted by molar-refractivity contribution is 5.64. The topological polar surface area (TPSA) is 63.6 Å². The maximum atomic E-state index is 5.72. The Morgan fingerprint density at radius 2 is 1.81 bits per heavy atom. The Bertz CT molecular complexity index is 944. The number of aromatic nitrogens is 3. The van der Waals surface area contributed by atoms with Gasteiger partial charge in [-0.15, -0.1) is 0 Å². The molecule has 0 N–H and O–H groups in total. The van der Waals surface area contributed by atoms with E-state index in [1.54, 1.807) is 13.3 Å². The molecule has 0 saturated carbocycles. The molecule has 7 nitrogen and oxygen atoms in total. The standard InChI is InChI=1S/C24H29N5O2/c1-19(30-2)18-31-24-15-20(8-10-26-24)21-6-7-23(27-16-21)29-13-11-28(12-14-29)17-22-5-3-4-9-25-22/h3-10,15-16,19H,11-14,17-18H2,1-2H3. The van der Waals surface area contributed by atoms with E-state index >= 15 is 0 Å². The number of methoxy groups -OCH3 is 1. The number of anilines is 1. The Balaban J connectivity index is 1.33. The second kappa shape index (κ2) is 10.3. The minimum atomic E-state index is 0.0239. The van der Waals surface area contributed by atoms with Crippen molar-refractivity contribution in [2.75, 3.05) is 44.8 Å². The van der Waals surface area contributed by atoms with Gasteiger partial charge in [0.2, 0.25) is 5.88 Å². The Labute approximate surface area is 183 Å². The van der Waals surface area contributed by atoms with Crippen molar-refractivity contribution in [2.24, 2.45) is 0 Å². The molecule has 0 spiro atoms. The van der Waals surface area contributed by atoms with Crippen LogP contribution in [0.15, 0.2) is 61.1 Å². The number of rotatable bonds is 8. The van der Waals surface area contributed by atoms with Gasteiger partial charge in [0.05, 0.1) is 11.8 Å². The molecule has 4 heterocycles. The van der Waals surface area contributed by atoms with Gasteiger partial charge >= 0.3 is 0 Å². The van der Waals surface area contributed by atoms with Crippen LogP contribution >= 0.6 is 0 Å². The lowest BCUT2D eigenvalue weighted by Crippen LogP contribution is -2.46. The van der Waals surface area contributed by atoms with Gasteiger partial charge in [-0.1, -0.05) is 6.07 Å². The predicted octanol–water partition coefficient (Wildman–Crippen LogP) is 3.27. The van der Waals surface area contributed by atoms with Crippen LogP contribution in [0.2, 0.25) is 0 Å². The van der Waals surface area contributed by atoms with Gasteiger partial charge in [-0.25, -0.2) is 9.97 Å². The van der Waals surface area contributed by atoms with Gasteiger partial charge in [0.15, 0.2) is 0 Å². The molecule has 1 atom stereocenters. The van der Waals surface area contributed by atoms with E-state index in [2.05, 4.69) is 38.0 Å². The smallest absolute Gasteiger partial charge is 0.213 e. The lowest BCUT2D eigenvalue weighted by Gasteiger charge is -2.35. The molecule has 0 radical (unpaired) electrons. The Hall–Kier alpha value is -3.03. The summed E-state index contributed by atoms with van der Waals surface area (Å²) in [6, 6.07) is 14.2. The summed E-state index contributed by atoms with van der Waals surface area (Å²) in [6.07, 6.45) is 5.56. The van der Waals surface area contributed by atoms with Crippen molar-refractivity contribution in [3.8, 4) is 17.0 Å². The maximum Gasteiger partial charge on any atom is 0.213 e. The van der Waals surface area contributed by atoms with Crippen molar-refractivity contribution in [1.82, 2.24) is 19.9 Å². The third-order valence-electron chi connectivity index (χ3n) is 5.49. The lowest BCUT2D eigenvalue weighted by molar-refractivity contribution is 0.0699. The Morgan fingerprint density at radius 3 is 2.52 bits per heavy atom. The summed E-state index contributed by atoms with van der Waals surface area (Å²) in [6.45, 7) is 7.27. The van der Waals surface area contributed by atoms with E-state index in [9.17, 15) is 0 Å². The van der Waals surface area contributed by atoms with Crippen LogP contribution in [-0.4, -0.2) is 65.9 Å². The number of pyridine rings is 3. The van der Waals surface area contributed by atoms with E-state index in [-0.39, 0.29) is 6.10 Å². The number of ether oxygens (including phenoxy) is 2. The van der Waals surface area contributed by atoms with E-state index in [1.165, 1.54) is 0 Å². The molecule has 1 aliphatic rings. The Kier molecular flexibility index (Phi) is 7.07. The van der Waals surface area contributed by atoms with E-state index < -0.39 is 0 Å². The summed E-state index contributed by atoms with van der Waals surface area (Å²) in [5, 5.41) is 0. The third kappa shape index (κ3) is 5.77. The molecule has 0 amide bonds. The Morgan fingerprint density at radius 1 is 0.935 bits per heavy atom. The third-order valence-corrected chi connectivity index (χ3v) is 5.49. The van der Waals surface area contributed by atoms with E-state index in [1.807, 2.05) is 43.6 Å². The number of nitrogens with zero attached hydrogens (tertiary/aromatic N) is 5. The molecule has 0 aromatic carbocycles. The molecule has 0 bridgehead atoms. The molecule has 1 unspecified atom stereocenters. The minimum Gasteiger partial charge on any atom is -0.475 e. The quantitative estimate of drug-likeness (QED) is 0.555. The summed E-state index contributed by atoms with van der Waals surface area (Å²) in [4.78, 5) is 18.2. The summed E-state index contributed by atoms with van der Waals surface area (Å²) in [5.74, 6) is 1.61. The molecule has 0 aliphatic carbocycles. The zero-order valence-corrected chi connectivity index (χ0v) is 18.1. The van der Waals surface area contributed by atoms with Crippen molar-refractivity contribution >= 4 is 5.82 Å². The van der Waals surface area contributed by atoms with Crippen LogP contribution in [0.4, 0.5) is 5.82 Å². The predicted molar refractivity (Wildman–Crippen MR) is 121 cm³/mol. The molecular formula is C24H29N5O2. The zero-order valence-electron chi connectivity index (χ0n) is 18.1. The van der Waals surface area contributed by atoms with Crippen molar-refractivity contribution in [3.63, 3.8) is 0 Å². The highest BCUT2D eigenvalue weighted by atomic mass is 16.5. The van der Waals surface area contributed by atoms with E-state index in [0.29, 0.717) is 12.5 Å². The highest BCUT2D eigenvalue weighted by Gasteiger charge is 2.18. The van der Waals surface area contributed by atoms with Gasteiger partial charge in [0.1, 0.15) is 12.4 Å². The second-order valence-electron chi connectivity index (χ2n) is 7.73. The van der Waals surface area contributed by atoms with Crippen LogP contribution in [0, 0.1) is 0 Å². The van der Waals surface area contributed by atoms with Crippen LogP contribution in [0.5, 0.6) is 5.88 Å². The first-order valence-corrected chi connectivity index (χ1v) is 10.7. The normalized spacial score (nSPS) is 15.6. The van der Waals surface area contributed by atoms with E-state index in [0.717, 1.165) is 55.4 Å². The summed E-state index contributed by atoms with van der Waals surface area (Å²) < 4.78 is 10.9. The van der Waals surface area contributed by atoms with Crippen molar-refractivity contribution < 1.29 is 9.47 Å². The van der Waals surface area contributed by atoms with Gasteiger partial charge in [-0.05, 0) is 42.8 Å². The first-order chi connectivity index (χ1) is 15.2. The zero-order chi connectivity index (χ0) is 21.5. The van der Waals surface area contributed by atoms with Gasteiger partial charge in [0.25, 0.3) is 0 Å². The molecule has 1 aliphatic heterocycles. The molecule has 1 saturated heterocycles. The fourth-order valence-electron chi connectivity index (χ4n) is 3.54. The van der Waals surface area contributed by atoms with Crippen LogP contribution in [0.25, 0.3) is 11.1 Å². The van der Waals surface area contributed by atoms with Gasteiger partial charge < -0.3 is 14.4 Å². The van der Waals surface area contributed by atoms with Crippen LogP contribution in [0.1, 0.15) is 12.6 Å². The summed E-state index contributed by atoms with van der Waals surface area (Å²) >= 11 is 0. The molecule has 3 aromatic rings. The maximum absolute atomic E-state index is 5.72. The van der Waals surface area contributed by atoms with Gasteiger partial charge in [-0.3, -0.25) is 9.88 Å². The highest BCUT2D eigenvalue weighted by Crippen LogP contribution is 2.24. The monoisotopic (exact) mass is 419 g/mol. The summed E-state index contributed by atoms with van der Waals surface area (Å²) in [5.41, 5.74) is 3.20. The average molecular weight is 420 g/mol. The second-order valence-corrected chi connectivity index (χ2v) is 7.73. The average Bonchev–Trinajstić information content (AvgIpc) is 2.84. The molecule has 31 heavy (non-hydrogen) atoms. The van der Waals surface area contributed by atoms with Gasteiger partial charge in [0, 0.05) is 70.1 Å². The largest absolute Gasteiger partial charge is 0.475 e. The van der Waals surface area contributed by atoms with Crippen LogP contribution in [-0.2, 0) is 11.3 Å². The summed E-state index contributed by atoms with van der Waals surface area (Å²) in [7, 11) is 1.67. The fraction of sp³-hybridized carbons (Fsp3) is 0.375. The van der Waals surface area contributed by atoms with Crippen molar-refractivity contribution in [3.05, 3.63) is 66.7 Å². The van der Waals surface area contributed by atoms with Crippen LogP contribution in [0.3, 0.4) is 0 Å². The first kappa shape index (κ1) is 21.2. The fourth-order valence-corrected chi connectivity index (χ4v) is 3.54. The first-order valence-electron chi connectivity index (χ1n) is 10.7. The molecular weight excluding hydrogens is 390 g/mol. The molecule has 162 valence electrons. The van der Waals surface area contributed by atoms with Crippen LogP contribution < -0.4 is 9.64 Å². The van der Waals surface area contributed by atoms with Crippen molar-refractivity contribution in [1.29, 1.82) is 0 Å². The van der Waals surface area contributed by atoms with Gasteiger partial charge in [-0.2, -0.15) is 0 Å². The SMILES string of the molecule is COC(C)COc1cc(-c2ccc(N3CCN(Cc4ccccn4)CC3)nc2)ccn1. The lowest BCUT2D eigenvalue weighted by atomic mass is 10.1. The van der Waals surface area contributed by atoms with E-state index in [4.69, 9.17) is 14.5 Å². The number of piperazine rings is 1. The minimum absolute atomic E-state index is 0.0239. The number of hydrogen-bond donors (Lipinski definition) is 0.